The Morgan fingerprint density at radius 3 is 2.43 bits per heavy atom. The highest BCUT2D eigenvalue weighted by Gasteiger charge is 2.37. The van der Waals surface area contributed by atoms with Gasteiger partial charge >= 0.3 is 0 Å². The molecular weight excluding hydrogens is 332 g/mol. The van der Waals surface area contributed by atoms with Gasteiger partial charge in [-0.05, 0) is 43.6 Å². The lowest BCUT2D eigenvalue weighted by Gasteiger charge is -2.40. The van der Waals surface area contributed by atoms with Crippen LogP contribution < -0.4 is 0 Å². The second-order valence-electron chi connectivity index (χ2n) is 6.53. The molecule has 0 aromatic carbocycles. The van der Waals surface area contributed by atoms with Crippen molar-refractivity contribution >= 4 is 27.3 Å². The van der Waals surface area contributed by atoms with Crippen molar-refractivity contribution in [1.82, 2.24) is 9.21 Å². The van der Waals surface area contributed by atoms with Crippen LogP contribution in [0.25, 0.3) is 0 Å². The van der Waals surface area contributed by atoms with Gasteiger partial charge in [0.25, 0.3) is 5.91 Å². The van der Waals surface area contributed by atoms with Gasteiger partial charge in [-0.3, -0.25) is 4.79 Å². The zero-order valence-corrected chi connectivity index (χ0v) is 15.1. The first kappa shape index (κ1) is 16.9. The summed E-state index contributed by atoms with van der Waals surface area (Å²) in [6, 6.07) is 3.96. The van der Waals surface area contributed by atoms with Crippen molar-refractivity contribution < 1.29 is 13.2 Å². The number of amides is 1. The van der Waals surface area contributed by atoms with Crippen molar-refractivity contribution in [3.05, 3.63) is 22.4 Å². The van der Waals surface area contributed by atoms with Gasteiger partial charge in [0.2, 0.25) is 10.0 Å². The number of carbonyl (C=O) groups is 1. The summed E-state index contributed by atoms with van der Waals surface area (Å²) in [5.74, 6) is 0.0789. The van der Waals surface area contributed by atoms with Gasteiger partial charge in [-0.25, -0.2) is 8.42 Å². The van der Waals surface area contributed by atoms with E-state index in [1.165, 1.54) is 17.6 Å². The molecule has 1 aromatic rings. The number of nitrogens with zero attached hydrogens (tertiary/aromatic N) is 2. The maximum atomic E-state index is 12.5. The molecule has 3 rings (SSSR count). The van der Waals surface area contributed by atoms with E-state index in [0.29, 0.717) is 6.54 Å². The summed E-state index contributed by atoms with van der Waals surface area (Å²) in [7, 11) is -3.19. The van der Waals surface area contributed by atoms with Crippen LogP contribution in [0.1, 0.15) is 48.2 Å². The van der Waals surface area contributed by atoms with Crippen molar-refractivity contribution in [2.45, 2.75) is 50.6 Å². The molecule has 7 heteroatoms. The Morgan fingerprint density at radius 2 is 1.87 bits per heavy atom. The van der Waals surface area contributed by atoms with Crippen LogP contribution in [0.15, 0.2) is 17.5 Å². The van der Waals surface area contributed by atoms with Crippen LogP contribution in [-0.2, 0) is 10.0 Å². The summed E-state index contributed by atoms with van der Waals surface area (Å²) >= 11 is 1.46. The maximum Gasteiger partial charge on any atom is 0.263 e. The largest absolute Gasteiger partial charge is 0.338 e. The van der Waals surface area contributed by atoms with Crippen LogP contribution in [0.2, 0.25) is 0 Å². The summed E-state index contributed by atoms with van der Waals surface area (Å²) in [6.45, 7) is 1.36. The van der Waals surface area contributed by atoms with Crippen LogP contribution in [-0.4, -0.2) is 55.0 Å². The fourth-order valence-corrected chi connectivity index (χ4v) is 5.77. The van der Waals surface area contributed by atoms with Gasteiger partial charge in [0.1, 0.15) is 0 Å². The minimum Gasteiger partial charge on any atom is -0.338 e. The fourth-order valence-electron chi connectivity index (χ4n) is 3.57. The average molecular weight is 357 g/mol. The highest BCUT2D eigenvalue weighted by Crippen LogP contribution is 2.32. The molecule has 23 heavy (non-hydrogen) atoms. The van der Waals surface area contributed by atoms with Gasteiger partial charge in [-0.1, -0.05) is 12.5 Å². The highest BCUT2D eigenvalue weighted by molar-refractivity contribution is 7.88. The number of hydrogen-bond acceptors (Lipinski definition) is 4. The Kier molecular flexibility index (Phi) is 5.08. The molecule has 1 atom stereocenters. The molecule has 2 aliphatic rings. The molecule has 1 aliphatic heterocycles. The zero-order chi connectivity index (χ0) is 16.4. The topological polar surface area (TPSA) is 57.7 Å². The van der Waals surface area contributed by atoms with E-state index in [9.17, 15) is 13.2 Å². The number of hydrogen-bond donors (Lipinski definition) is 0. The second kappa shape index (κ2) is 6.91. The number of carbonyl (C=O) groups excluding carboxylic acids is 1. The number of likely N-dealkylation sites (tertiary alicyclic amines) is 1. The molecule has 1 saturated heterocycles. The molecule has 5 nitrogen and oxygen atoms in total. The monoisotopic (exact) mass is 356 g/mol. The molecule has 0 bridgehead atoms. The minimum atomic E-state index is -3.19. The Morgan fingerprint density at radius 1 is 1.17 bits per heavy atom. The summed E-state index contributed by atoms with van der Waals surface area (Å²) in [6.07, 6.45) is 6.83. The summed E-state index contributed by atoms with van der Waals surface area (Å²) in [5.41, 5.74) is 0. The Labute approximate surface area is 142 Å². The third-order valence-electron chi connectivity index (χ3n) is 4.89. The molecule has 1 saturated carbocycles. The van der Waals surface area contributed by atoms with E-state index in [1.807, 2.05) is 22.4 Å². The first-order valence-corrected chi connectivity index (χ1v) is 11.0. The zero-order valence-electron chi connectivity index (χ0n) is 13.5. The summed E-state index contributed by atoms with van der Waals surface area (Å²) < 4.78 is 26.2. The Balaban J connectivity index is 1.69. The predicted molar refractivity (Wildman–Crippen MR) is 92.2 cm³/mol. The van der Waals surface area contributed by atoms with Crippen LogP contribution in [0.4, 0.5) is 0 Å². The van der Waals surface area contributed by atoms with E-state index in [0.717, 1.165) is 49.9 Å². The number of rotatable bonds is 4. The number of thiophene rings is 1. The first-order valence-electron chi connectivity index (χ1n) is 8.28. The van der Waals surface area contributed by atoms with E-state index in [4.69, 9.17) is 0 Å². The van der Waals surface area contributed by atoms with Crippen molar-refractivity contribution in [2.75, 3.05) is 19.3 Å². The molecule has 1 aliphatic carbocycles. The molecule has 0 N–H and O–H groups in total. The molecule has 0 radical (unpaired) electrons. The van der Waals surface area contributed by atoms with Gasteiger partial charge < -0.3 is 4.90 Å². The van der Waals surface area contributed by atoms with E-state index in [-0.39, 0.29) is 18.0 Å². The molecular formula is C16H24N2O3S2. The molecule has 128 valence electrons. The van der Waals surface area contributed by atoms with Gasteiger partial charge in [0.05, 0.1) is 11.1 Å². The fraction of sp³-hybridized carbons (Fsp3) is 0.688. The normalized spacial score (nSPS) is 23.6. The molecule has 1 amide bonds. The average Bonchev–Trinajstić information content (AvgIpc) is 2.86. The lowest BCUT2D eigenvalue weighted by molar-refractivity contribution is 0.0762. The highest BCUT2D eigenvalue weighted by atomic mass is 32.2. The number of sulfonamides is 1. The minimum absolute atomic E-state index is 0.0384. The third-order valence-corrected chi connectivity index (χ3v) is 7.11. The summed E-state index contributed by atoms with van der Waals surface area (Å²) in [4.78, 5) is 15.1. The molecule has 2 heterocycles. The van der Waals surface area contributed by atoms with Gasteiger partial charge in [0, 0.05) is 25.2 Å². The Bertz CT molecular complexity index is 638. The smallest absolute Gasteiger partial charge is 0.263 e. The second-order valence-corrected chi connectivity index (χ2v) is 9.37. The van der Waals surface area contributed by atoms with Crippen molar-refractivity contribution in [1.29, 1.82) is 0 Å². The lowest BCUT2D eigenvalue weighted by Crippen LogP contribution is -2.49. The van der Waals surface area contributed by atoms with Crippen LogP contribution in [0.5, 0.6) is 0 Å². The van der Waals surface area contributed by atoms with E-state index >= 15 is 0 Å². The van der Waals surface area contributed by atoms with Crippen molar-refractivity contribution in [3.63, 3.8) is 0 Å². The van der Waals surface area contributed by atoms with Crippen LogP contribution in [0.3, 0.4) is 0 Å². The quantitative estimate of drug-likeness (QED) is 0.833. The van der Waals surface area contributed by atoms with Crippen LogP contribution in [0, 0.1) is 0 Å². The molecule has 1 unspecified atom stereocenters. The lowest BCUT2D eigenvalue weighted by atomic mass is 9.91. The van der Waals surface area contributed by atoms with Crippen molar-refractivity contribution in [2.24, 2.45) is 0 Å². The van der Waals surface area contributed by atoms with Gasteiger partial charge in [0.15, 0.2) is 0 Å². The van der Waals surface area contributed by atoms with Gasteiger partial charge in [-0.2, -0.15) is 4.31 Å². The molecule has 2 fully saturated rings. The Hall–Kier alpha value is -0.920. The SMILES string of the molecule is CS(=O)(=O)N(C1CCC1)C1CCCN(C(=O)c2cccs2)CC1. The third kappa shape index (κ3) is 3.78. The summed E-state index contributed by atoms with van der Waals surface area (Å²) in [5, 5.41) is 1.91. The standard InChI is InChI=1S/C16H24N2O3S2/c1-23(20,21)18(13-5-2-6-13)14-7-3-10-17(11-9-14)16(19)15-8-4-12-22-15/h4,8,12-14H,2-3,5-7,9-11H2,1H3. The van der Waals surface area contributed by atoms with Crippen molar-refractivity contribution in [3.8, 4) is 0 Å². The van der Waals surface area contributed by atoms with E-state index in [1.54, 1.807) is 4.31 Å². The van der Waals surface area contributed by atoms with Crippen LogP contribution >= 0.6 is 11.3 Å². The maximum absolute atomic E-state index is 12.5. The predicted octanol–water partition coefficient (Wildman–Crippen LogP) is 2.56. The van der Waals surface area contributed by atoms with E-state index in [2.05, 4.69) is 0 Å². The molecule has 0 spiro atoms. The molecule has 1 aromatic heterocycles. The first-order chi connectivity index (χ1) is 11.0. The van der Waals surface area contributed by atoms with Gasteiger partial charge in [-0.15, -0.1) is 11.3 Å². The van der Waals surface area contributed by atoms with E-state index < -0.39 is 10.0 Å².